The Labute approximate surface area is 101 Å². The first-order valence-corrected chi connectivity index (χ1v) is 5.63. The van der Waals surface area contributed by atoms with Crippen LogP contribution < -0.4 is 10.5 Å². The van der Waals surface area contributed by atoms with Gasteiger partial charge in [0, 0.05) is 0 Å². The van der Waals surface area contributed by atoms with Gasteiger partial charge in [0.1, 0.15) is 11.5 Å². The lowest BCUT2D eigenvalue weighted by molar-refractivity contribution is 0.414. The number of methoxy groups -OCH3 is 1. The Morgan fingerprint density at radius 3 is 2.47 bits per heavy atom. The molecule has 1 atom stereocenters. The number of benzene rings is 1. The third kappa shape index (κ3) is 2.68. The summed E-state index contributed by atoms with van der Waals surface area (Å²) in [4.78, 5) is 0. The molecule has 1 heterocycles. The van der Waals surface area contributed by atoms with Crippen LogP contribution in [0.2, 0.25) is 0 Å². The fourth-order valence-corrected chi connectivity index (χ4v) is 1.87. The predicted octanol–water partition coefficient (Wildman–Crippen LogP) is 2.84. The van der Waals surface area contributed by atoms with Crippen LogP contribution in [0.3, 0.4) is 0 Å². The standard InChI is InChI=1S/C14H17NO2/c1-10-7-8-17-14(10)13(15)9-11-3-5-12(16-2)6-4-11/h3-8,13H,9,15H2,1-2H3. The van der Waals surface area contributed by atoms with Gasteiger partial charge in [-0.05, 0) is 42.7 Å². The Balaban J connectivity index is 2.07. The van der Waals surface area contributed by atoms with Crippen molar-refractivity contribution in [2.75, 3.05) is 7.11 Å². The van der Waals surface area contributed by atoms with Gasteiger partial charge in [-0.3, -0.25) is 0 Å². The molecule has 0 amide bonds. The summed E-state index contributed by atoms with van der Waals surface area (Å²) in [5, 5.41) is 0. The van der Waals surface area contributed by atoms with Crippen molar-refractivity contribution in [3.05, 3.63) is 53.5 Å². The smallest absolute Gasteiger partial charge is 0.123 e. The maximum atomic E-state index is 6.12. The third-order valence-corrected chi connectivity index (χ3v) is 2.85. The summed E-state index contributed by atoms with van der Waals surface area (Å²) in [5.74, 6) is 1.72. The normalized spacial score (nSPS) is 12.4. The SMILES string of the molecule is COc1ccc(CC(N)c2occc2C)cc1. The fraction of sp³-hybridized carbons (Fsp3) is 0.286. The molecule has 2 N–H and O–H groups in total. The summed E-state index contributed by atoms with van der Waals surface area (Å²) in [6, 6.07) is 9.77. The number of hydrogen-bond acceptors (Lipinski definition) is 3. The van der Waals surface area contributed by atoms with Crippen molar-refractivity contribution in [3.8, 4) is 5.75 Å². The minimum absolute atomic E-state index is 0.0987. The van der Waals surface area contributed by atoms with Gasteiger partial charge in [-0.1, -0.05) is 12.1 Å². The molecule has 1 unspecified atom stereocenters. The van der Waals surface area contributed by atoms with Crippen LogP contribution in [0, 0.1) is 6.92 Å². The highest BCUT2D eigenvalue weighted by molar-refractivity contribution is 5.29. The van der Waals surface area contributed by atoms with Gasteiger partial charge in [-0.15, -0.1) is 0 Å². The second-order valence-electron chi connectivity index (χ2n) is 4.13. The molecule has 2 aromatic rings. The largest absolute Gasteiger partial charge is 0.497 e. The molecular weight excluding hydrogens is 214 g/mol. The van der Waals surface area contributed by atoms with E-state index in [1.165, 1.54) is 5.56 Å². The first-order chi connectivity index (χ1) is 8.20. The summed E-state index contributed by atoms with van der Waals surface area (Å²) in [5.41, 5.74) is 8.40. The molecule has 3 heteroatoms. The van der Waals surface area contributed by atoms with E-state index in [9.17, 15) is 0 Å². The second-order valence-corrected chi connectivity index (χ2v) is 4.13. The molecule has 0 saturated heterocycles. The van der Waals surface area contributed by atoms with E-state index in [1.54, 1.807) is 13.4 Å². The van der Waals surface area contributed by atoms with Crippen LogP contribution in [-0.4, -0.2) is 7.11 Å². The van der Waals surface area contributed by atoms with Gasteiger partial charge in [-0.25, -0.2) is 0 Å². The first-order valence-electron chi connectivity index (χ1n) is 5.63. The Kier molecular flexibility index (Phi) is 3.49. The third-order valence-electron chi connectivity index (χ3n) is 2.85. The molecule has 1 aromatic carbocycles. The Hall–Kier alpha value is -1.74. The maximum absolute atomic E-state index is 6.12. The zero-order chi connectivity index (χ0) is 12.3. The molecule has 2 rings (SSSR count). The predicted molar refractivity (Wildman–Crippen MR) is 67.1 cm³/mol. The van der Waals surface area contributed by atoms with Gasteiger partial charge in [0.25, 0.3) is 0 Å². The molecule has 0 spiro atoms. The molecule has 0 aliphatic heterocycles. The lowest BCUT2D eigenvalue weighted by Crippen LogP contribution is -2.13. The van der Waals surface area contributed by atoms with Crippen molar-refractivity contribution in [3.63, 3.8) is 0 Å². The molecule has 3 nitrogen and oxygen atoms in total. The topological polar surface area (TPSA) is 48.4 Å². The number of nitrogens with two attached hydrogens (primary N) is 1. The zero-order valence-electron chi connectivity index (χ0n) is 10.1. The lowest BCUT2D eigenvalue weighted by Gasteiger charge is -2.10. The number of rotatable bonds is 4. The molecular formula is C14H17NO2. The van der Waals surface area contributed by atoms with E-state index in [2.05, 4.69) is 0 Å². The van der Waals surface area contributed by atoms with E-state index in [0.29, 0.717) is 0 Å². The highest BCUT2D eigenvalue weighted by Gasteiger charge is 2.12. The monoisotopic (exact) mass is 231 g/mol. The minimum Gasteiger partial charge on any atom is -0.497 e. The van der Waals surface area contributed by atoms with E-state index in [-0.39, 0.29) is 6.04 Å². The molecule has 0 bridgehead atoms. The van der Waals surface area contributed by atoms with Crippen LogP contribution in [0.25, 0.3) is 0 Å². The van der Waals surface area contributed by atoms with Gasteiger partial charge in [-0.2, -0.15) is 0 Å². The minimum atomic E-state index is -0.0987. The number of furan rings is 1. The number of ether oxygens (including phenoxy) is 1. The van der Waals surface area contributed by atoms with Crippen molar-refractivity contribution >= 4 is 0 Å². The summed E-state index contributed by atoms with van der Waals surface area (Å²) >= 11 is 0. The average molecular weight is 231 g/mol. The zero-order valence-corrected chi connectivity index (χ0v) is 10.1. The summed E-state index contributed by atoms with van der Waals surface area (Å²) in [6.45, 7) is 2.01. The quantitative estimate of drug-likeness (QED) is 0.880. The van der Waals surface area contributed by atoms with E-state index in [0.717, 1.165) is 23.5 Å². The van der Waals surface area contributed by atoms with Crippen LogP contribution in [0.1, 0.15) is 22.9 Å². The highest BCUT2D eigenvalue weighted by Crippen LogP contribution is 2.21. The van der Waals surface area contributed by atoms with Gasteiger partial charge >= 0.3 is 0 Å². The molecule has 0 aliphatic carbocycles. The van der Waals surface area contributed by atoms with Gasteiger partial charge in [0.05, 0.1) is 19.4 Å². The van der Waals surface area contributed by atoms with Crippen molar-refractivity contribution in [2.24, 2.45) is 5.73 Å². The van der Waals surface area contributed by atoms with E-state index >= 15 is 0 Å². The molecule has 90 valence electrons. The molecule has 0 radical (unpaired) electrons. The van der Waals surface area contributed by atoms with Crippen LogP contribution in [0.15, 0.2) is 41.0 Å². The average Bonchev–Trinajstić information content (AvgIpc) is 2.76. The van der Waals surface area contributed by atoms with E-state index in [1.807, 2.05) is 37.3 Å². The molecule has 1 aromatic heterocycles. The van der Waals surface area contributed by atoms with Gasteiger partial charge in [0.2, 0.25) is 0 Å². The van der Waals surface area contributed by atoms with Crippen molar-refractivity contribution < 1.29 is 9.15 Å². The Morgan fingerprint density at radius 2 is 1.94 bits per heavy atom. The fourth-order valence-electron chi connectivity index (χ4n) is 1.87. The summed E-state index contributed by atoms with van der Waals surface area (Å²) in [7, 11) is 1.66. The van der Waals surface area contributed by atoms with Crippen LogP contribution in [0.5, 0.6) is 5.75 Å². The highest BCUT2D eigenvalue weighted by atomic mass is 16.5. The second kappa shape index (κ2) is 5.06. The van der Waals surface area contributed by atoms with E-state index < -0.39 is 0 Å². The summed E-state index contributed by atoms with van der Waals surface area (Å²) in [6.07, 6.45) is 2.44. The van der Waals surface area contributed by atoms with Gasteiger partial charge < -0.3 is 14.9 Å². The van der Waals surface area contributed by atoms with Crippen molar-refractivity contribution in [2.45, 2.75) is 19.4 Å². The Bertz CT molecular complexity index is 473. The molecule has 0 fully saturated rings. The molecule has 0 aliphatic rings. The molecule has 0 saturated carbocycles. The Morgan fingerprint density at radius 1 is 1.24 bits per heavy atom. The van der Waals surface area contributed by atoms with Crippen molar-refractivity contribution in [1.82, 2.24) is 0 Å². The van der Waals surface area contributed by atoms with Crippen molar-refractivity contribution in [1.29, 1.82) is 0 Å². The summed E-state index contributed by atoms with van der Waals surface area (Å²) < 4.78 is 10.5. The van der Waals surface area contributed by atoms with E-state index in [4.69, 9.17) is 14.9 Å². The number of aryl methyl sites for hydroxylation is 1. The van der Waals surface area contributed by atoms with Crippen LogP contribution in [-0.2, 0) is 6.42 Å². The number of hydrogen-bond donors (Lipinski definition) is 1. The maximum Gasteiger partial charge on any atom is 0.123 e. The molecule has 17 heavy (non-hydrogen) atoms. The lowest BCUT2D eigenvalue weighted by atomic mass is 10.0. The van der Waals surface area contributed by atoms with Crippen LogP contribution >= 0.6 is 0 Å². The van der Waals surface area contributed by atoms with Gasteiger partial charge in [0.15, 0.2) is 0 Å². The first kappa shape index (κ1) is 11.7. The van der Waals surface area contributed by atoms with Crippen LogP contribution in [0.4, 0.5) is 0 Å².